The van der Waals surface area contributed by atoms with Gasteiger partial charge in [-0.3, -0.25) is 4.68 Å². The molecule has 0 spiro atoms. The Labute approximate surface area is 106 Å². The minimum atomic E-state index is -4.53. The highest BCUT2D eigenvalue weighted by atomic mass is 19.4. The van der Waals surface area contributed by atoms with Crippen molar-refractivity contribution in [1.29, 1.82) is 0 Å². The highest BCUT2D eigenvalue weighted by molar-refractivity contribution is 5.89. The van der Waals surface area contributed by atoms with Crippen LogP contribution in [0, 0.1) is 0 Å². The van der Waals surface area contributed by atoms with Crippen LogP contribution in [0.5, 0.6) is 0 Å². The van der Waals surface area contributed by atoms with Crippen LogP contribution in [0.25, 0.3) is 11.3 Å². The van der Waals surface area contributed by atoms with Gasteiger partial charge in [-0.15, -0.1) is 0 Å². The number of nitrogens with zero attached hydrogens (tertiary/aromatic N) is 2. The van der Waals surface area contributed by atoms with Crippen molar-refractivity contribution in [3.8, 4) is 11.3 Å². The van der Waals surface area contributed by atoms with Crippen molar-refractivity contribution in [1.82, 2.24) is 9.78 Å². The summed E-state index contributed by atoms with van der Waals surface area (Å²) in [6.45, 7) is 0. The lowest BCUT2D eigenvalue weighted by atomic mass is 10.1. The first-order chi connectivity index (χ1) is 8.79. The molecular weight excluding hydrogens is 261 g/mol. The van der Waals surface area contributed by atoms with E-state index >= 15 is 0 Å². The molecule has 2 aromatic rings. The number of aryl methyl sites for hydroxylation is 1. The molecule has 7 heteroatoms. The van der Waals surface area contributed by atoms with E-state index in [0.717, 1.165) is 10.7 Å². The molecule has 19 heavy (non-hydrogen) atoms. The summed E-state index contributed by atoms with van der Waals surface area (Å²) >= 11 is 0. The molecule has 0 saturated heterocycles. The number of carboxylic acids is 1. The van der Waals surface area contributed by atoms with Crippen LogP contribution < -0.4 is 0 Å². The van der Waals surface area contributed by atoms with E-state index in [9.17, 15) is 18.0 Å². The van der Waals surface area contributed by atoms with Crippen LogP contribution in [0.2, 0.25) is 0 Å². The van der Waals surface area contributed by atoms with Gasteiger partial charge in [0, 0.05) is 12.6 Å². The Morgan fingerprint density at radius 2 is 2.00 bits per heavy atom. The third-order valence-corrected chi connectivity index (χ3v) is 2.58. The summed E-state index contributed by atoms with van der Waals surface area (Å²) in [7, 11) is 1.37. The van der Waals surface area contributed by atoms with Crippen molar-refractivity contribution in [3.63, 3.8) is 0 Å². The molecule has 0 unspecified atom stereocenters. The summed E-state index contributed by atoms with van der Waals surface area (Å²) in [5, 5.41) is 12.2. The quantitative estimate of drug-likeness (QED) is 0.912. The summed E-state index contributed by atoms with van der Waals surface area (Å²) < 4.78 is 38.7. The molecule has 0 bridgehead atoms. The molecule has 0 aliphatic carbocycles. The molecule has 100 valence electrons. The maximum absolute atomic E-state index is 12.5. The van der Waals surface area contributed by atoms with Gasteiger partial charge in [0.15, 0.2) is 5.69 Å². The second kappa shape index (κ2) is 4.42. The number of carbonyl (C=O) groups is 1. The van der Waals surface area contributed by atoms with Crippen molar-refractivity contribution in [2.24, 2.45) is 7.05 Å². The number of alkyl halides is 3. The molecular formula is C12H9F3N2O2. The average Bonchev–Trinajstić information content (AvgIpc) is 2.71. The number of benzene rings is 1. The molecule has 4 nitrogen and oxygen atoms in total. The van der Waals surface area contributed by atoms with Crippen molar-refractivity contribution < 1.29 is 23.1 Å². The maximum atomic E-state index is 12.5. The van der Waals surface area contributed by atoms with Crippen LogP contribution >= 0.6 is 0 Å². The molecule has 0 atom stereocenters. The zero-order chi connectivity index (χ0) is 14.2. The fraction of sp³-hybridized carbons (Fsp3) is 0.167. The largest absolute Gasteiger partial charge is 0.478 e. The highest BCUT2D eigenvalue weighted by Gasteiger charge is 2.34. The van der Waals surface area contributed by atoms with Crippen molar-refractivity contribution in [2.45, 2.75) is 6.18 Å². The average molecular weight is 270 g/mol. The van der Waals surface area contributed by atoms with Crippen LogP contribution in [0.4, 0.5) is 13.2 Å². The first kappa shape index (κ1) is 13.1. The van der Waals surface area contributed by atoms with Gasteiger partial charge < -0.3 is 5.11 Å². The smallest absolute Gasteiger partial charge is 0.435 e. The third kappa shape index (κ3) is 2.59. The maximum Gasteiger partial charge on any atom is 0.435 e. The van der Waals surface area contributed by atoms with Gasteiger partial charge in [-0.25, -0.2) is 4.79 Å². The fourth-order valence-electron chi connectivity index (χ4n) is 1.69. The monoisotopic (exact) mass is 270 g/mol. The van der Waals surface area contributed by atoms with Crippen LogP contribution in [0.3, 0.4) is 0 Å². The number of aromatic nitrogens is 2. The van der Waals surface area contributed by atoms with E-state index < -0.39 is 17.8 Å². The predicted octanol–water partition coefficient (Wildman–Crippen LogP) is 2.80. The summed E-state index contributed by atoms with van der Waals surface area (Å²) in [4.78, 5) is 10.8. The standard InChI is InChI=1S/C12H9F3N2O2/c1-17-9(6-10(16-17)12(13,14)15)7-3-2-4-8(5-7)11(18)19/h2-6H,1H3,(H,18,19). The summed E-state index contributed by atoms with van der Waals surface area (Å²) in [5.74, 6) is -1.14. The SMILES string of the molecule is Cn1nc(C(F)(F)F)cc1-c1cccc(C(=O)O)c1. The van der Waals surface area contributed by atoms with E-state index in [1.165, 1.54) is 31.3 Å². The lowest BCUT2D eigenvalue weighted by Crippen LogP contribution is -2.06. The Morgan fingerprint density at radius 1 is 1.32 bits per heavy atom. The van der Waals surface area contributed by atoms with Gasteiger partial charge >= 0.3 is 12.1 Å². The Kier molecular flexibility index (Phi) is 3.05. The topological polar surface area (TPSA) is 55.1 Å². The Balaban J connectivity index is 2.50. The first-order valence-corrected chi connectivity index (χ1v) is 5.24. The Morgan fingerprint density at radius 3 is 2.53 bits per heavy atom. The van der Waals surface area contributed by atoms with E-state index in [2.05, 4.69) is 5.10 Å². The molecule has 0 amide bonds. The Bertz CT molecular complexity index is 632. The zero-order valence-corrected chi connectivity index (χ0v) is 9.77. The number of rotatable bonds is 2. The second-order valence-electron chi connectivity index (χ2n) is 3.92. The molecule has 1 heterocycles. The van der Waals surface area contributed by atoms with Gasteiger partial charge in [0.1, 0.15) is 0 Å². The molecule has 1 aromatic heterocycles. The summed E-state index contributed by atoms with van der Waals surface area (Å²) in [5.41, 5.74) is -0.432. The fourth-order valence-corrected chi connectivity index (χ4v) is 1.69. The van der Waals surface area contributed by atoms with Crippen molar-refractivity contribution in [2.75, 3.05) is 0 Å². The number of carboxylic acid groups (broad SMARTS) is 1. The molecule has 2 rings (SSSR count). The van der Waals surface area contributed by atoms with E-state index in [4.69, 9.17) is 5.11 Å². The Hall–Kier alpha value is -2.31. The number of halogens is 3. The lowest BCUT2D eigenvalue weighted by molar-refractivity contribution is -0.141. The molecule has 0 saturated carbocycles. The van der Waals surface area contributed by atoms with Crippen LogP contribution in [-0.2, 0) is 13.2 Å². The zero-order valence-electron chi connectivity index (χ0n) is 9.77. The minimum absolute atomic E-state index is 0.00672. The minimum Gasteiger partial charge on any atom is -0.478 e. The first-order valence-electron chi connectivity index (χ1n) is 5.24. The van der Waals surface area contributed by atoms with E-state index in [1.54, 1.807) is 0 Å². The molecule has 0 aliphatic heterocycles. The summed E-state index contributed by atoms with van der Waals surface area (Å²) in [6.07, 6.45) is -4.53. The third-order valence-electron chi connectivity index (χ3n) is 2.58. The molecule has 1 aromatic carbocycles. The highest BCUT2D eigenvalue weighted by Crippen LogP contribution is 2.31. The van der Waals surface area contributed by atoms with Crippen molar-refractivity contribution >= 4 is 5.97 Å². The van der Waals surface area contributed by atoms with E-state index in [-0.39, 0.29) is 11.3 Å². The van der Waals surface area contributed by atoms with Gasteiger partial charge in [-0.05, 0) is 18.2 Å². The molecule has 0 radical (unpaired) electrons. The van der Waals surface area contributed by atoms with E-state index in [1.807, 2.05) is 0 Å². The normalized spacial score (nSPS) is 11.6. The van der Waals surface area contributed by atoms with Gasteiger partial charge in [0.2, 0.25) is 0 Å². The molecule has 1 N–H and O–H groups in total. The number of aromatic carboxylic acids is 1. The molecule has 0 fully saturated rings. The van der Waals surface area contributed by atoms with Crippen LogP contribution in [0.15, 0.2) is 30.3 Å². The van der Waals surface area contributed by atoms with Gasteiger partial charge in [-0.2, -0.15) is 18.3 Å². The van der Waals surface area contributed by atoms with Crippen molar-refractivity contribution in [3.05, 3.63) is 41.6 Å². The van der Waals surface area contributed by atoms with Gasteiger partial charge in [-0.1, -0.05) is 12.1 Å². The van der Waals surface area contributed by atoms with Gasteiger partial charge in [0.05, 0.1) is 11.3 Å². The lowest BCUT2D eigenvalue weighted by Gasteiger charge is -2.02. The summed E-state index contributed by atoms with van der Waals surface area (Å²) in [6, 6.07) is 6.57. The van der Waals surface area contributed by atoms with Gasteiger partial charge in [0.25, 0.3) is 0 Å². The van der Waals surface area contributed by atoms with Crippen LogP contribution in [-0.4, -0.2) is 20.9 Å². The number of hydrogen-bond donors (Lipinski definition) is 1. The number of hydrogen-bond acceptors (Lipinski definition) is 2. The predicted molar refractivity (Wildman–Crippen MR) is 60.6 cm³/mol. The van der Waals surface area contributed by atoms with E-state index in [0.29, 0.717) is 5.56 Å². The second-order valence-corrected chi connectivity index (χ2v) is 3.92. The molecule has 0 aliphatic rings. The van der Waals surface area contributed by atoms with Crippen LogP contribution in [0.1, 0.15) is 16.1 Å².